The molecule has 0 spiro atoms. The van der Waals surface area contributed by atoms with Crippen molar-refractivity contribution in [1.82, 2.24) is 4.98 Å². The molecule has 0 aliphatic carbocycles. The summed E-state index contributed by atoms with van der Waals surface area (Å²) in [5.74, 6) is 0.495. The third-order valence-corrected chi connectivity index (χ3v) is 5.51. The van der Waals surface area contributed by atoms with Crippen molar-refractivity contribution in [3.8, 4) is 11.9 Å². The Morgan fingerprint density at radius 3 is 2.52 bits per heavy atom. The minimum atomic E-state index is -0.455. The molecule has 2 aromatic carbocycles. The molecule has 33 heavy (non-hydrogen) atoms. The number of rotatable bonds is 11. The monoisotopic (exact) mass is 443 g/mol. The first-order chi connectivity index (χ1) is 16.0. The predicted octanol–water partition coefficient (Wildman–Crippen LogP) is 7.25. The normalized spacial score (nSPS) is 11.4. The molecule has 0 saturated carbocycles. The lowest BCUT2D eigenvalue weighted by atomic mass is 10.0. The number of ether oxygens (including phenoxy) is 1. The molecule has 0 atom stereocenters. The summed E-state index contributed by atoms with van der Waals surface area (Å²) in [6.07, 6.45) is 8.75. The van der Waals surface area contributed by atoms with Crippen molar-refractivity contribution in [2.75, 3.05) is 6.61 Å². The summed E-state index contributed by atoms with van der Waals surface area (Å²) in [6.45, 7) is 4.80. The van der Waals surface area contributed by atoms with E-state index in [1.165, 1.54) is 37.8 Å². The topological polar surface area (TPSA) is 89.0 Å². The Balaban J connectivity index is 1.88. The number of aryl methyl sites for hydroxylation is 1. The molecule has 0 N–H and O–H groups in total. The van der Waals surface area contributed by atoms with E-state index < -0.39 is 4.92 Å². The Labute approximate surface area is 194 Å². The van der Waals surface area contributed by atoms with Crippen LogP contribution in [0.4, 0.5) is 5.69 Å². The first-order valence-corrected chi connectivity index (χ1v) is 11.4. The molecule has 0 bridgehead atoms. The van der Waals surface area contributed by atoms with E-state index in [0.717, 1.165) is 29.3 Å². The highest BCUT2D eigenvalue weighted by Crippen LogP contribution is 2.28. The third-order valence-electron chi connectivity index (χ3n) is 5.51. The molecule has 1 aromatic heterocycles. The van der Waals surface area contributed by atoms with Gasteiger partial charge in [0.05, 0.1) is 28.7 Å². The first-order valence-electron chi connectivity index (χ1n) is 11.4. The van der Waals surface area contributed by atoms with Crippen LogP contribution in [0, 0.1) is 28.4 Å². The molecule has 6 nitrogen and oxygen atoms in total. The second-order valence-electron chi connectivity index (χ2n) is 8.17. The molecule has 0 aliphatic heterocycles. The zero-order valence-electron chi connectivity index (χ0n) is 19.2. The number of fused-ring (bicyclic) bond motifs is 1. The Hall–Kier alpha value is -3.72. The minimum absolute atomic E-state index is 0.0122. The van der Waals surface area contributed by atoms with Gasteiger partial charge in [-0.3, -0.25) is 10.1 Å². The number of nitrogens with zero attached hydrogens (tertiary/aromatic N) is 3. The summed E-state index contributed by atoms with van der Waals surface area (Å²) in [4.78, 5) is 15.2. The van der Waals surface area contributed by atoms with Crippen LogP contribution in [0.2, 0.25) is 0 Å². The van der Waals surface area contributed by atoms with Crippen LogP contribution < -0.4 is 4.74 Å². The average Bonchev–Trinajstić information content (AvgIpc) is 2.82. The summed E-state index contributed by atoms with van der Waals surface area (Å²) in [6, 6.07) is 16.2. The van der Waals surface area contributed by atoms with Crippen molar-refractivity contribution in [1.29, 1.82) is 5.26 Å². The van der Waals surface area contributed by atoms with E-state index in [1.54, 1.807) is 18.2 Å². The maximum absolute atomic E-state index is 10.9. The number of non-ortho nitro benzene ring substituents is 1. The molecule has 1 heterocycles. The van der Waals surface area contributed by atoms with Gasteiger partial charge >= 0.3 is 0 Å². The van der Waals surface area contributed by atoms with Crippen molar-refractivity contribution in [3.63, 3.8) is 0 Å². The van der Waals surface area contributed by atoms with Gasteiger partial charge in [0.2, 0.25) is 5.88 Å². The maximum atomic E-state index is 10.9. The smallest absolute Gasteiger partial charge is 0.269 e. The van der Waals surface area contributed by atoms with Crippen LogP contribution in [0.15, 0.2) is 48.5 Å². The second-order valence-corrected chi connectivity index (χ2v) is 8.17. The lowest BCUT2D eigenvalue weighted by molar-refractivity contribution is -0.384. The molecule has 0 saturated heterocycles. The lowest BCUT2D eigenvalue weighted by Gasteiger charge is -2.11. The highest BCUT2D eigenvalue weighted by Gasteiger charge is 2.11. The number of allylic oxidation sites excluding steroid dienone is 1. The average molecular weight is 444 g/mol. The van der Waals surface area contributed by atoms with Crippen LogP contribution in [0.25, 0.3) is 22.6 Å². The molecule has 0 fully saturated rings. The fraction of sp³-hybridized carbons (Fsp3) is 0.333. The van der Waals surface area contributed by atoms with Gasteiger partial charge in [0.15, 0.2) is 0 Å². The minimum Gasteiger partial charge on any atom is -0.477 e. The number of nitriles is 1. The van der Waals surface area contributed by atoms with Gasteiger partial charge in [0.25, 0.3) is 5.69 Å². The molecular formula is C27H29N3O3. The highest BCUT2D eigenvalue weighted by molar-refractivity contribution is 5.93. The largest absolute Gasteiger partial charge is 0.477 e. The van der Waals surface area contributed by atoms with E-state index in [1.807, 2.05) is 25.1 Å². The molecule has 3 aromatic rings. The standard InChI is InChI=1S/C27H29N3O3/c1-3-4-5-6-7-8-15-33-27-23(17-22-16-20(2)9-14-26(22)29-27)18-24(19-28)21-10-12-25(13-11-21)30(31)32/h9-14,16-18H,3-8,15H2,1-2H3/b24-18+. The summed E-state index contributed by atoms with van der Waals surface area (Å²) >= 11 is 0. The fourth-order valence-electron chi connectivity index (χ4n) is 3.66. The van der Waals surface area contributed by atoms with Gasteiger partial charge in [0.1, 0.15) is 0 Å². The molecule has 0 amide bonds. The number of unbranched alkanes of at least 4 members (excludes halogenated alkanes) is 5. The Morgan fingerprint density at radius 2 is 1.82 bits per heavy atom. The molecule has 170 valence electrons. The zero-order chi connectivity index (χ0) is 23.6. The van der Waals surface area contributed by atoms with Gasteiger partial charge in [-0.05, 0) is 55.3 Å². The maximum Gasteiger partial charge on any atom is 0.269 e. The molecule has 0 aliphatic rings. The summed E-state index contributed by atoms with van der Waals surface area (Å²) in [7, 11) is 0. The van der Waals surface area contributed by atoms with Crippen LogP contribution in [0.1, 0.15) is 62.1 Å². The van der Waals surface area contributed by atoms with Crippen LogP contribution in [0.3, 0.4) is 0 Å². The highest BCUT2D eigenvalue weighted by atomic mass is 16.6. The predicted molar refractivity (Wildman–Crippen MR) is 132 cm³/mol. The molecule has 3 rings (SSSR count). The molecule has 0 unspecified atom stereocenters. The number of nitro groups is 1. The fourth-order valence-corrected chi connectivity index (χ4v) is 3.66. The molecule has 6 heteroatoms. The van der Waals surface area contributed by atoms with Gasteiger partial charge in [0, 0.05) is 23.1 Å². The van der Waals surface area contributed by atoms with E-state index in [9.17, 15) is 15.4 Å². The Bertz CT molecular complexity index is 1180. The third kappa shape index (κ3) is 6.63. The number of benzene rings is 2. The van der Waals surface area contributed by atoms with E-state index in [-0.39, 0.29) is 5.69 Å². The van der Waals surface area contributed by atoms with E-state index >= 15 is 0 Å². The van der Waals surface area contributed by atoms with Crippen molar-refractivity contribution in [3.05, 3.63) is 75.3 Å². The number of hydrogen-bond acceptors (Lipinski definition) is 5. The first kappa shape index (κ1) is 23.9. The molecular weight excluding hydrogens is 414 g/mol. The lowest BCUT2D eigenvalue weighted by Crippen LogP contribution is -2.02. The van der Waals surface area contributed by atoms with E-state index in [2.05, 4.69) is 19.1 Å². The number of hydrogen-bond donors (Lipinski definition) is 0. The van der Waals surface area contributed by atoms with Crippen LogP contribution in [-0.2, 0) is 0 Å². The SMILES string of the molecule is CCCCCCCCOc1nc2ccc(C)cc2cc1/C=C(\C#N)c1ccc([N+](=O)[O-])cc1. The van der Waals surface area contributed by atoms with Gasteiger partial charge in [-0.1, -0.05) is 50.7 Å². The van der Waals surface area contributed by atoms with Gasteiger partial charge in [-0.2, -0.15) is 5.26 Å². The van der Waals surface area contributed by atoms with Gasteiger partial charge in [-0.25, -0.2) is 4.98 Å². The van der Waals surface area contributed by atoms with Crippen molar-refractivity contribution < 1.29 is 9.66 Å². The summed E-state index contributed by atoms with van der Waals surface area (Å²) in [5, 5.41) is 21.7. The Kier molecular flexibility index (Phi) is 8.54. The van der Waals surface area contributed by atoms with Crippen LogP contribution in [-0.4, -0.2) is 16.5 Å². The van der Waals surface area contributed by atoms with Gasteiger partial charge < -0.3 is 4.74 Å². The number of pyridine rings is 1. The van der Waals surface area contributed by atoms with Crippen molar-refractivity contribution in [2.24, 2.45) is 0 Å². The number of aromatic nitrogens is 1. The Morgan fingerprint density at radius 1 is 1.09 bits per heavy atom. The van der Waals surface area contributed by atoms with Crippen LogP contribution >= 0.6 is 0 Å². The summed E-state index contributed by atoms with van der Waals surface area (Å²) < 4.78 is 6.06. The van der Waals surface area contributed by atoms with Crippen molar-refractivity contribution in [2.45, 2.75) is 52.4 Å². The molecule has 0 radical (unpaired) electrons. The second kappa shape index (κ2) is 11.8. The van der Waals surface area contributed by atoms with E-state index in [4.69, 9.17) is 9.72 Å². The van der Waals surface area contributed by atoms with E-state index in [0.29, 0.717) is 29.2 Å². The van der Waals surface area contributed by atoms with Crippen LogP contribution in [0.5, 0.6) is 5.88 Å². The quantitative estimate of drug-likeness (QED) is 0.135. The van der Waals surface area contributed by atoms with Crippen molar-refractivity contribution >= 4 is 28.2 Å². The van der Waals surface area contributed by atoms with Gasteiger partial charge in [-0.15, -0.1) is 0 Å². The number of nitro benzene ring substituents is 1. The summed E-state index contributed by atoms with van der Waals surface area (Å²) in [5.41, 5.74) is 3.66. The zero-order valence-corrected chi connectivity index (χ0v) is 19.2.